The first-order valence-corrected chi connectivity index (χ1v) is 6.96. The zero-order valence-electron chi connectivity index (χ0n) is 12.1. The number of aliphatic carboxylic acids is 1. The third-order valence-corrected chi connectivity index (χ3v) is 3.15. The highest BCUT2D eigenvalue weighted by Gasteiger charge is 2.28. The number of carboxylic acids is 1. The molecule has 0 fully saturated rings. The summed E-state index contributed by atoms with van der Waals surface area (Å²) in [6.45, 7) is 7.92. The van der Waals surface area contributed by atoms with Gasteiger partial charge in [0.15, 0.2) is 0 Å². The zero-order valence-corrected chi connectivity index (χ0v) is 13.0. The Morgan fingerprint density at radius 2 is 1.89 bits per heavy atom. The van der Waals surface area contributed by atoms with Crippen LogP contribution in [0.5, 0.6) is 0 Å². The fourth-order valence-corrected chi connectivity index (χ4v) is 1.95. The van der Waals surface area contributed by atoms with E-state index in [1.165, 1.54) is 0 Å². The van der Waals surface area contributed by atoms with Gasteiger partial charge in [0.05, 0.1) is 6.04 Å². The normalized spacial score (nSPS) is 15.1. The molecule has 0 saturated heterocycles. The van der Waals surface area contributed by atoms with Crippen molar-refractivity contribution in [3.05, 3.63) is 0 Å². The summed E-state index contributed by atoms with van der Waals surface area (Å²) in [5, 5.41) is 11.6. The molecule has 0 aliphatic rings. The van der Waals surface area contributed by atoms with Gasteiger partial charge in [-0.3, -0.25) is 9.59 Å². The summed E-state index contributed by atoms with van der Waals surface area (Å²) >= 11 is 4.26. The van der Waals surface area contributed by atoms with Gasteiger partial charge in [-0.15, -0.1) is 0 Å². The highest BCUT2D eigenvalue weighted by atomic mass is 32.1. The van der Waals surface area contributed by atoms with Crippen molar-refractivity contribution in [1.82, 2.24) is 5.32 Å². The van der Waals surface area contributed by atoms with Gasteiger partial charge in [-0.25, -0.2) is 0 Å². The van der Waals surface area contributed by atoms with Crippen molar-refractivity contribution in [2.45, 2.75) is 51.3 Å². The fourth-order valence-electron chi connectivity index (χ4n) is 1.83. The maximum absolute atomic E-state index is 11.8. The SMILES string of the molecule is CC(C)C[C@H](CNC(=O)[C@H](N)C(C)(C)S)CC(=O)O. The molecule has 19 heavy (non-hydrogen) atoms. The van der Waals surface area contributed by atoms with Crippen LogP contribution in [-0.4, -0.2) is 34.3 Å². The highest BCUT2D eigenvalue weighted by Crippen LogP contribution is 2.17. The van der Waals surface area contributed by atoms with E-state index in [0.717, 1.165) is 6.42 Å². The predicted octanol–water partition coefficient (Wildman–Crippen LogP) is 1.28. The number of hydrogen-bond donors (Lipinski definition) is 4. The van der Waals surface area contributed by atoms with Crippen LogP contribution in [0.15, 0.2) is 0 Å². The first kappa shape index (κ1) is 18.2. The van der Waals surface area contributed by atoms with Crippen molar-refractivity contribution in [3.63, 3.8) is 0 Å². The number of nitrogens with two attached hydrogens (primary N) is 1. The molecular formula is C13H26N2O3S. The van der Waals surface area contributed by atoms with Gasteiger partial charge >= 0.3 is 5.97 Å². The molecule has 1 amide bonds. The van der Waals surface area contributed by atoms with Crippen LogP contribution in [0, 0.1) is 11.8 Å². The fraction of sp³-hybridized carbons (Fsp3) is 0.846. The minimum atomic E-state index is -0.848. The standard InChI is InChI=1S/C13H26N2O3S/c1-8(2)5-9(6-10(16)17)7-15-12(18)11(14)13(3,4)19/h8-9,11,19H,5-7,14H2,1-4H3,(H,15,18)(H,16,17)/t9-,11-/m0/s1. The van der Waals surface area contributed by atoms with Gasteiger partial charge in [-0.2, -0.15) is 12.6 Å². The molecule has 0 unspecified atom stereocenters. The van der Waals surface area contributed by atoms with E-state index in [2.05, 4.69) is 17.9 Å². The lowest BCUT2D eigenvalue weighted by atomic mass is 9.94. The van der Waals surface area contributed by atoms with E-state index in [-0.39, 0.29) is 18.2 Å². The van der Waals surface area contributed by atoms with Gasteiger partial charge in [0.25, 0.3) is 0 Å². The first-order chi connectivity index (χ1) is 8.54. The summed E-state index contributed by atoms with van der Waals surface area (Å²) in [5.74, 6) is -0.828. The lowest BCUT2D eigenvalue weighted by Crippen LogP contribution is -2.51. The molecule has 0 spiro atoms. The molecule has 6 heteroatoms. The summed E-state index contributed by atoms with van der Waals surface area (Å²) in [6, 6.07) is -0.722. The van der Waals surface area contributed by atoms with Crippen LogP contribution in [0.1, 0.15) is 40.5 Å². The van der Waals surface area contributed by atoms with Crippen molar-refractivity contribution >= 4 is 24.5 Å². The Morgan fingerprint density at radius 1 is 1.37 bits per heavy atom. The maximum atomic E-state index is 11.8. The maximum Gasteiger partial charge on any atom is 0.303 e. The Labute approximate surface area is 120 Å². The summed E-state index contributed by atoms with van der Waals surface area (Å²) in [4.78, 5) is 22.6. The van der Waals surface area contributed by atoms with Gasteiger partial charge in [-0.1, -0.05) is 13.8 Å². The molecule has 5 nitrogen and oxygen atoms in total. The van der Waals surface area contributed by atoms with Crippen molar-refractivity contribution < 1.29 is 14.7 Å². The van der Waals surface area contributed by atoms with E-state index in [1.54, 1.807) is 13.8 Å². The van der Waals surface area contributed by atoms with Gasteiger partial charge in [-0.05, 0) is 32.1 Å². The summed E-state index contributed by atoms with van der Waals surface area (Å²) < 4.78 is -0.607. The van der Waals surface area contributed by atoms with Crippen LogP contribution in [0.2, 0.25) is 0 Å². The van der Waals surface area contributed by atoms with Crippen LogP contribution in [0.3, 0.4) is 0 Å². The van der Waals surface area contributed by atoms with Crippen LogP contribution >= 0.6 is 12.6 Å². The molecule has 0 radical (unpaired) electrons. The molecule has 2 atom stereocenters. The number of carbonyl (C=O) groups excluding carboxylic acids is 1. The third kappa shape index (κ3) is 8.10. The number of hydrogen-bond acceptors (Lipinski definition) is 4. The Hall–Kier alpha value is -0.750. The molecular weight excluding hydrogens is 264 g/mol. The number of rotatable bonds is 8. The van der Waals surface area contributed by atoms with E-state index >= 15 is 0 Å². The second kappa shape index (κ2) is 7.75. The van der Waals surface area contributed by atoms with Crippen LogP contribution in [0.25, 0.3) is 0 Å². The van der Waals surface area contributed by atoms with Crippen molar-refractivity contribution in [2.75, 3.05) is 6.54 Å². The van der Waals surface area contributed by atoms with E-state index in [4.69, 9.17) is 10.8 Å². The third-order valence-electron chi connectivity index (χ3n) is 2.88. The average Bonchev–Trinajstić information content (AvgIpc) is 2.21. The largest absolute Gasteiger partial charge is 0.481 e. The zero-order chi connectivity index (χ0) is 15.2. The quantitative estimate of drug-likeness (QED) is 0.507. The molecule has 0 aliphatic heterocycles. The molecule has 0 rings (SSSR count). The van der Waals surface area contributed by atoms with Crippen molar-refractivity contribution in [3.8, 4) is 0 Å². The highest BCUT2D eigenvalue weighted by molar-refractivity contribution is 7.81. The van der Waals surface area contributed by atoms with Crippen LogP contribution < -0.4 is 11.1 Å². The van der Waals surface area contributed by atoms with Gasteiger partial charge in [0, 0.05) is 17.7 Å². The molecule has 112 valence electrons. The molecule has 4 N–H and O–H groups in total. The van der Waals surface area contributed by atoms with E-state index in [0.29, 0.717) is 12.5 Å². The van der Waals surface area contributed by atoms with Crippen molar-refractivity contribution in [1.29, 1.82) is 0 Å². The molecule has 0 aromatic heterocycles. The van der Waals surface area contributed by atoms with Crippen LogP contribution in [-0.2, 0) is 9.59 Å². The van der Waals surface area contributed by atoms with Gasteiger partial charge in [0.1, 0.15) is 0 Å². The number of nitrogens with one attached hydrogen (secondary N) is 1. The molecule has 0 aromatic carbocycles. The second-order valence-corrected chi connectivity index (χ2v) is 7.12. The Morgan fingerprint density at radius 3 is 2.26 bits per heavy atom. The minimum Gasteiger partial charge on any atom is -0.481 e. The van der Waals surface area contributed by atoms with Gasteiger partial charge < -0.3 is 16.2 Å². The summed E-state index contributed by atoms with van der Waals surface area (Å²) in [6.07, 6.45) is 0.810. The topological polar surface area (TPSA) is 92.4 Å². The van der Waals surface area contributed by atoms with Crippen LogP contribution in [0.4, 0.5) is 0 Å². The number of carboxylic acid groups (broad SMARTS) is 1. The lowest BCUT2D eigenvalue weighted by Gasteiger charge is -2.26. The van der Waals surface area contributed by atoms with E-state index in [1.807, 2.05) is 13.8 Å². The minimum absolute atomic E-state index is 0.0535. The number of thiol groups is 1. The van der Waals surface area contributed by atoms with Gasteiger partial charge in [0.2, 0.25) is 5.91 Å². The molecule has 0 aromatic rings. The second-order valence-electron chi connectivity index (χ2n) is 5.97. The molecule has 0 bridgehead atoms. The van der Waals surface area contributed by atoms with E-state index in [9.17, 15) is 9.59 Å². The average molecular weight is 290 g/mol. The number of carbonyl (C=O) groups is 2. The lowest BCUT2D eigenvalue weighted by molar-refractivity contribution is -0.138. The summed E-state index contributed by atoms with van der Waals surface area (Å²) in [7, 11) is 0. The smallest absolute Gasteiger partial charge is 0.303 e. The summed E-state index contributed by atoms with van der Waals surface area (Å²) in [5.41, 5.74) is 5.78. The number of amides is 1. The predicted molar refractivity (Wildman–Crippen MR) is 79.2 cm³/mol. The molecule has 0 saturated carbocycles. The monoisotopic (exact) mass is 290 g/mol. The Bertz CT molecular complexity index is 314. The van der Waals surface area contributed by atoms with Crippen molar-refractivity contribution in [2.24, 2.45) is 17.6 Å². The molecule has 0 heterocycles. The molecule has 0 aliphatic carbocycles. The van der Waals surface area contributed by atoms with E-state index < -0.39 is 16.8 Å². The Balaban J connectivity index is 4.38. The Kier molecular flexibility index (Phi) is 7.44. The first-order valence-electron chi connectivity index (χ1n) is 6.51.